The van der Waals surface area contributed by atoms with E-state index in [1.165, 1.54) is 4.90 Å². The molecule has 0 saturated heterocycles. The number of hydrogen-bond acceptors (Lipinski definition) is 5. The molecule has 0 bridgehead atoms. The summed E-state index contributed by atoms with van der Waals surface area (Å²) < 4.78 is 9.94. The van der Waals surface area contributed by atoms with Gasteiger partial charge in [0.05, 0.1) is 13.2 Å². The second kappa shape index (κ2) is 9.81. The number of methoxy groups -OCH3 is 2. The monoisotopic (exact) mass is 323 g/mol. The first kappa shape index (κ1) is 18.9. The van der Waals surface area contributed by atoms with Crippen molar-refractivity contribution in [3.05, 3.63) is 24.3 Å². The van der Waals surface area contributed by atoms with Crippen molar-refractivity contribution in [3.8, 4) is 0 Å². The van der Waals surface area contributed by atoms with Gasteiger partial charge in [0.15, 0.2) is 0 Å². The van der Waals surface area contributed by atoms with Crippen LogP contribution in [0.3, 0.4) is 0 Å². The summed E-state index contributed by atoms with van der Waals surface area (Å²) in [6.07, 6.45) is 0. The van der Waals surface area contributed by atoms with Crippen LogP contribution in [-0.2, 0) is 19.1 Å². The standard InChI is InChI=1S/C16H25N3O4/c1-18(2)14-7-5-6-13(12-14)17-15(20)16(21)19(8-10-22-3)9-11-23-4/h5-7,12H,8-11H2,1-4H3,(H,17,20). The second-order valence-electron chi connectivity index (χ2n) is 5.18. The highest BCUT2D eigenvalue weighted by Gasteiger charge is 2.21. The van der Waals surface area contributed by atoms with E-state index in [2.05, 4.69) is 5.32 Å². The molecule has 1 aromatic rings. The van der Waals surface area contributed by atoms with Gasteiger partial charge in [-0.3, -0.25) is 9.59 Å². The van der Waals surface area contributed by atoms with E-state index in [-0.39, 0.29) is 0 Å². The quantitative estimate of drug-likeness (QED) is 0.717. The van der Waals surface area contributed by atoms with Gasteiger partial charge in [0.1, 0.15) is 0 Å². The largest absolute Gasteiger partial charge is 0.383 e. The Bertz CT molecular complexity index is 512. The van der Waals surface area contributed by atoms with Crippen molar-refractivity contribution in [1.82, 2.24) is 4.90 Å². The average Bonchev–Trinajstić information content (AvgIpc) is 2.54. The molecule has 0 aliphatic carbocycles. The molecule has 0 fully saturated rings. The third-order valence-electron chi connectivity index (χ3n) is 3.23. The number of ether oxygens (including phenoxy) is 2. The minimum Gasteiger partial charge on any atom is -0.383 e. The summed E-state index contributed by atoms with van der Waals surface area (Å²) in [6.45, 7) is 1.39. The maximum Gasteiger partial charge on any atom is 0.313 e. The van der Waals surface area contributed by atoms with Gasteiger partial charge in [-0.1, -0.05) is 6.07 Å². The first-order chi connectivity index (χ1) is 11.0. The summed E-state index contributed by atoms with van der Waals surface area (Å²) in [4.78, 5) is 27.8. The van der Waals surface area contributed by atoms with E-state index in [1.54, 1.807) is 26.4 Å². The summed E-state index contributed by atoms with van der Waals surface area (Å²) in [7, 11) is 6.91. The molecule has 128 valence electrons. The fourth-order valence-electron chi connectivity index (χ4n) is 1.91. The molecule has 23 heavy (non-hydrogen) atoms. The Kier molecular flexibility index (Phi) is 8.07. The zero-order valence-corrected chi connectivity index (χ0v) is 14.2. The molecule has 1 N–H and O–H groups in total. The highest BCUT2D eigenvalue weighted by atomic mass is 16.5. The Hall–Kier alpha value is -2.12. The second-order valence-corrected chi connectivity index (χ2v) is 5.18. The van der Waals surface area contributed by atoms with Crippen molar-refractivity contribution < 1.29 is 19.1 Å². The van der Waals surface area contributed by atoms with Crippen LogP contribution in [0.15, 0.2) is 24.3 Å². The van der Waals surface area contributed by atoms with Gasteiger partial charge in [0.25, 0.3) is 0 Å². The molecule has 0 unspecified atom stereocenters. The van der Waals surface area contributed by atoms with Crippen molar-refractivity contribution in [1.29, 1.82) is 0 Å². The van der Waals surface area contributed by atoms with Crippen LogP contribution in [0.25, 0.3) is 0 Å². The molecule has 0 spiro atoms. The molecule has 0 radical (unpaired) electrons. The number of nitrogens with zero attached hydrogens (tertiary/aromatic N) is 2. The topological polar surface area (TPSA) is 71.1 Å². The van der Waals surface area contributed by atoms with Gasteiger partial charge in [-0.2, -0.15) is 0 Å². The lowest BCUT2D eigenvalue weighted by Crippen LogP contribution is -2.43. The van der Waals surface area contributed by atoms with Gasteiger partial charge in [0, 0.05) is 52.8 Å². The number of amides is 2. The lowest BCUT2D eigenvalue weighted by atomic mass is 10.2. The van der Waals surface area contributed by atoms with Crippen LogP contribution in [0.2, 0.25) is 0 Å². The molecule has 0 aliphatic heterocycles. The van der Waals surface area contributed by atoms with Crippen molar-refractivity contribution in [2.75, 3.05) is 64.8 Å². The van der Waals surface area contributed by atoms with Crippen molar-refractivity contribution in [2.24, 2.45) is 0 Å². The van der Waals surface area contributed by atoms with Gasteiger partial charge in [-0.15, -0.1) is 0 Å². The van der Waals surface area contributed by atoms with E-state index in [1.807, 2.05) is 31.1 Å². The number of rotatable bonds is 8. The molecule has 1 aromatic carbocycles. The molecule has 7 nitrogen and oxygen atoms in total. The van der Waals surface area contributed by atoms with Crippen LogP contribution in [0.4, 0.5) is 11.4 Å². The lowest BCUT2D eigenvalue weighted by molar-refractivity contribution is -0.144. The summed E-state index contributed by atoms with van der Waals surface area (Å²) >= 11 is 0. The Balaban J connectivity index is 2.73. The van der Waals surface area contributed by atoms with Crippen LogP contribution < -0.4 is 10.2 Å². The van der Waals surface area contributed by atoms with Gasteiger partial charge >= 0.3 is 11.8 Å². The van der Waals surface area contributed by atoms with Crippen LogP contribution in [0, 0.1) is 0 Å². The van der Waals surface area contributed by atoms with Crippen LogP contribution in [0.5, 0.6) is 0 Å². The Morgan fingerprint density at radius 3 is 2.22 bits per heavy atom. The van der Waals surface area contributed by atoms with Crippen LogP contribution in [-0.4, -0.2) is 71.3 Å². The maximum absolute atomic E-state index is 12.3. The van der Waals surface area contributed by atoms with Crippen LogP contribution in [0.1, 0.15) is 0 Å². The van der Waals surface area contributed by atoms with Crippen molar-refractivity contribution in [2.45, 2.75) is 0 Å². The van der Waals surface area contributed by atoms with E-state index in [0.29, 0.717) is 32.0 Å². The van der Waals surface area contributed by atoms with Crippen molar-refractivity contribution in [3.63, 3.8) is 0 Å². The predicted molar refractivity (Wildman–Crippen MR) is 89.7 cm³/mol. The highest BCUT2D eigenvalue weighted by Crippen LogP contribution is 2.17. The lowest BCUT2D eigenvalue weighted by Gasteiger charge is -2.21. The Labute approximate surface area is 137 Å². The first-order valence-corrected chi connectivity index (χ1v) is 7.35. The summed E-state index contributed by atoms with van der Waals surface area (Å²) in [5.41, 5.74) is 1.51. The Morgan fingerprint density at radius 2 is 1.70 bits per heavy atom. The SMILES string of the molecule is COCCN(CCOC)C(=O)C(=O)Nc1cccc(N(C)C)c1. The fourth-order valence-corrected chi connectivity index (χ4v) is 1.91. The van der Waals surface area contributed by atoms with E-state index < -0.39 is 11.8 Å². The summed E-state index contributed by atoms with van der Waals surface area (Å²) in [5, 5.41) is 2.63. The number of carbonyl (C=O) groups excluding carboxylic acids is 2. The first-order valence-electron chi connectivity index (χ1n) is 7.35. The molecular weight excluding hydrogens is 298 g/mol. The smallest absolute Gasteiger partial charge is 0.313 e. The van der Waals surface area contributed by atoms with Gasteiger partial charge < -0.3 is 24.6 Å². The number of nitrogens with one attached hydrogen (secondary N) is 1. The minimum atomic E-state index is -0.673. The van der Waals surface area contributed by atoms with E-state index in [4.69, 9.17) is 9.47 Å². The minimum absolute atomic E-state index is 0.337. The van der Waals surface area contributed by atoms with E-state index in [0.717, 1.165) is 5.69 Å². The molecule has 1 rings (SSSR count). The van der Waals surface area contributed by atoms with Gasteiger partial charge in [-0.05, 0) is 18.2 Å². The van der Waals surface area contributed by atoms with Gasteiger partial charge in [0.2, 0.25) is 0 Å². The molecule has 0 atom stereocenters. The third-order valence-corrected chi connectivity index (χ3v) is 3.23. The van der Waals surface area contributed by atoms with Gasteiger partial charge in [-0.25, -0.2) is 0 Å². The number of anilines is 2. The van der Waals surface area contributed by atoms with E-state index >= 15 is 0 Å². The molecule has 0 heterocycles. The normalized spacial score (nSPS) is 10.3. The molecule has 2 amide bonds. The zero-order valence-electron chi connectivity index (χ0n) is 14.2. The molecule has 0 aliphatic rings. The zero-order chi connectivity index (χ0) is 17.2. The number of hydrogen-bond donors (Lipinski definition) is 1. The van der Waals surface area contributed by atoms with Crippen molar-refractivity contribution >= 4 is 23.2 Å². The molecule has 7 heteroatoms. The van der Waals surface area contributed by atoms with Crippen LogP contribution >= 0.6 is 0 Å². The summed E-state index contributed by atoms with van der Waals surface area (Å²) in [6, 6.07) is 7.29. The number of carbonyl (C=O) groups is 2. The summed E-state index contributed by atoms with van der Waals surface area (Å²) in [5.74, 6) is -1.28. The maximum atomic E-state index is 12.3. The highest BCUT2D eigenvalue weighted by molar-refractivity contribution is 6.39. The predicted octanol–water partition coefficient (Wildman–Crippen LogP) is 0.813. The number of benzene rings is 1. The fraction of sp³-hybridized carbons (Fsp3) is 0.500. The third kappa shape index (κ3) is 6.25. The molecule has 0 saturated carbocycles. The average molecular weight is 323 g/mol. The Morgan fingerprint density at radius 1 is 1.09 bits per heavy atom. The van der Waals surface area contributed by atoms with E-state index in [9.17, 15) is 9.59 Å². The molecular formula is C16H25N3O4. The molecule has 0 aromatic heterocycles.